The van der Waals surface area contributed by atoms with Crippen molar-refractivity contribution >= 4 is 33.4 Å². The van der Waals surface area contributed by atoms with Gasteiger partial charge in [-0.15, -0.1) is 5.10 Å². The zero-order valence-corrected chi connectivity index (χ0v) is 10.8. The number of carbonyl (C=O) groups excluding carboxylic acids is 1. The molecular formula is C9H12BrN3OS. The van der Waals surface area contributed by atoms with E-state index in [9.17, 15) is 4.79 Å². The summed E-state index contributed by atoms with van der Waals surface area (Å²) in [6.45, 7) is 2.55. The fraction of sp³-hybridized carbons (Fsp3) is 0.667. The van der Waals surface area contributed by atoms with Gasteiger partial charge in [-0.1, -0.05) is 20.4 Å². The van der Waals surface area contributed by atoms with Gasteiger partial charge < -0.3 is 5.32 Å². The Morgan fingerprint density at radius 3 is 2.87 bits per heavy atom. The lowest BCUT2D eigenvalue weighted by molar-refractivity contribution is 0.0950. The van der Waals surface area contributed by atoms with E-state index in [-0.39, 0.29) is 5.91 Å². The van der Waals surface area contributed by atoms with Gasteiger partial charge in [-0.25, -0.2) is 0 Å². The molecule has 2 rings (SSSR count). The highest BCUT2D eigenvalue weighted by Crippen LogP contribution is 2.46. The number of carbonyl (C=O) groups is 1. The zero-order valence-electron chi connectivity index (χ0n) is 8.42. The molecule has 0 aromatic carbocycles. The van der Waals surface area contributed by atoms with E-state index in [0.29, 0.717) is 16.0 Å². The molecule has 6 heteroatoms. The third-order valence-electron chi connectivity index (χ3n) is 2.72. The minimum absolute atomic E-state index is 0.0466. The summed E-state index contributed by atoms with van der Waals surface area (Å²) in [6.07, 6.45) is 2.39. The number of nitrogens with one attached hydrogen (secondary N) is 1. The fourth-order valence-corrected chi connectivity index (χ4v) is 2.65. The Kier molecular flexibility index (Phi) is 3.06. The van der Waals surface area contributed by atoms with Crippen LogP contribution >= 0.6 is 27.5 Å². The van der Waals surface area contributed by atoms with E-state index in [1.54, 1.807) is 6.92 Å². The molecule has 4 nitrogen and oxygen atoms in total. The van der Waals surface area contributed by atoms with Crippen molar-refractivity contribution in [1.29, 1.82) is 0 Å². The molecule has 1 N–H and O–H groups in total. The highest BCUT2D eigenvalue weighted by atomic mass is 79.9. The molecule has 0 spiro atoms. The van der Waals surface area contributed by atoms with Crippen molar-refractivity contribution in [3.05, 3.63) is 10.6 Å². The van der Waals surface area contributed by atoms with Crippen molar-refractivity contribution in [3.63, 3.8) is 0 Å². The first-order valence-corrected chi connectivity index (χ1v) is 6.69. The standard InChI is InChI=1S/C9H12BrN3OS/c1-6-7(15-13-12-6)8(14)11-5-9(4-10)2-3-9/h2-5H2,1H3,(H,11,14). The van der Waals surface area contributed by atoms with Gasteiger partial charge in [0, 0.05) is 11.9 Å². The molecule has 15 heavy (non-hydrogen) atoms. The second-order valence-corrected chi connectivity index (χ2v) is 5.32. The van der Waals surface area contributed by atoms with E-state index >= 15 is 0 Å². The summed E-state index contributed by atoms with van der Waals surface area (Å²) in [5.41, 5.74) is 1.02. The Bertz CT molecular complexity index is 375. The predicted molar refractivity (Wildman–Crippen MR) is 62.4 cm³/mol. The maximum atomic E-state index is 11.7. The normalized spacial score (nSPS) is 17.5. The Labute approximate surface area is 101 Å². The molecule has 1 fully saturated rings. The molecule has 1 heterocycles. The van der Waals surface area contributed by atoms with Gasteiger partial charge in [0.1, 0.15) is 4.88 Å². The summed E-state index contributed by atoms with van der Waals surface area (Å²) in [6, 6.07) is 0. The molecule has 1 aliphatic carbocycles. The van der Waals surface area contributed by atoms with Crippen LogP contribution in [0.25, 0.3) is 0 Å². The average molecular weight is 290 g/mol. The van der Waals surface area contributed by atoms with E-state index in [1.807, 2.05) is 0 Å². The number of amides is 1. The summed E-state index contributed by atoms with van der Waals surface area (Å²) >= 11 is 4.62. The lowest BCUT2D eigenvalue weighted by atomic mass is 10.1. The second kappa shape index (κ2) is 4.17. The van der Waals surface area contributed by atoms with Gasteiger partial charge in [-0.3, -0.25) is 4.79 Å². The molecule has 0 bridgehead atoms. The lowest BCUT2D eigenvalue weighted by Crippen LogP contribution is -2.30. The van der Waals surface area contributed by atoms with E-state index in [0.717, 1.165) is 23.4 Å². The van der Waals surface area contributed by atoms with Crippen molar-refractivity contribution in [2.45, 2.75) is 19.8 Å². The molecule has 0 unspecified atom stereocenters. The monoisotopic (exact) mass is 289 g/mol. The summed E-state index contributed by atoms with van der Waals surface area (Å²) < 4.78 is 3.74. The van der Waals surface area contributed by atoms with Crippen molar-refractivity contribution in [2.75, 3.05) is 11.9 Å². The van der Waals surface area contributed by atoms with Crippen LogP contribution in [0.1, 0.15) is 28.2 Å². The number of aromatic nitrogens is 2. The number of hydrogen-bond donors (Lipinski definition) is 1. The Morgan fingerprint density at radius 2 is 2.40 bits per heavy atom. The maximum absolute atomic E-state index is 11.7. The van der Waals surface area contributed by atoms with Crippen molar-refractivity contribution in [2.24, 2.45) is 5.41 Å². The van der Waals surface area contributed by atoms with Crippen LogP contribution in [0.15, 0.2) is 0 Å². The van der Waals surface area contributed by atoms with Gasteiger partial charge >= 0.3 is 0 Å². The Balaban J connectivity index is 1.91. The summed E-state index contributed by atoms with van der Waals surface area (Å²) in [7, 11) is 0. The van der Waals surface area contributed by atoms with Crippen LogP contribution in [-0.4, -0.2) is 27.4 Å². The first-order valence-electron chi connectivity index (χ1n) is 4.80. The van der Waals surface area contributed by atoms with Crippen molar-refractivity contribution in [1.82, 2.24) is 14.9 Å². The van der Waals surface area contributed by atoms with Gasteiger partial charge in [0.25, 0.3) is 5.91 Å². The van der Waals surface area contributed by atoms with Crippen molar-refractivity contribution in [3.8, 4) is 0 Å². The van der Waals surface area contributed by atoms with Gasteiger partial charge in [0.2, 0.25) is 0 Å². The molecule has 0 radical (unpaired) electrons. The first kappa shape index (κ1) is 11.0. The van der Waals surface area contributed by atoms with E-state index in [4.69, 9.17) is 0 Å². The minimum atomic E-state index is -0.0466. The van der Waals surface area contributed by atoms with Crippen molar-refractivity contribution < 1.29 is 4.79 Å². The first-order chi connectivity index (χ1) is 7.17. The van der Waals surface area contributed by atoms with E-state index < -0.39 is 0 Å². The molecule has 0 atom stereocenters. The Hall–Kier alpha value is -0.490. The summed E-state index contributed by atoms with van der Waals surface area (Å²) in [5.74, 6) is -0.0466. The topological polar surface area (TPSA) is 54.9 Å². The maximum Gasteiger partial charge on any atom is 0.264 e. The van der Waals surface area contributed by atoms with Gasteiger partial charge in [-0.05, 0) is 36.7 Å². The molecule has 1 aliphatic rings. The summed E-state index contributed by atoms with van der Waals surface area (Å²) in [5, 5.41) is 7.72. The predicted octanol–water partition coefficient (Wildman–Crippen LogP) is 1.75. The smallest absolute Gasteiger partial charge is 0.264 e. The van der Waals surface area contributed by atoms with Gasteiger partial charge in [-0.2, -0.15) is 0 Å². The molecule has 0 saturated heterocycles. The number of alkyl halides is 1. The highest BCUT2D eigenvalue weighted by molar-refractivity contribution is 9.09. The summed E-state index contributed by atoms with van der Waals surface area (Å²) in [4.78, 5) is 12.3. The minimum Gasteiger partial charge on any atom is -0.351 e. The van der Waals surface area contributed by atoms with E-state index in [2.05, 4.69) is 30.8 Å². The number of nitrogens with zero attached hydrogens (tertiary/aromatic N) is 2. The van der Waals surface area contributed by atoms with Gasteiger partial charge in [0.05, 0.1) is 5.69 Å². The number of halogens is 1. The molecule has 1 aromatic rings. The number of aryl methyl sites for hydroxylation is 1. The molecule has 1 aromatic heterocycles. The van der Waals surface area contributed by atoms with Crippen LogP contribution in [0, 0.1) is 12.3 Å². The SMILES string of the molecule is Cc1nnsc1C(=O)NCC1(CBr)CC1. The second-order valence-electron chi connectivity index (χ2n) is 4.00. The molecular weight excluding hydrogens is 278 g/mol. The average Bonchev–Trinajstić information content (AvgIpc) is 2.91. The third-order valence-corrected chi connectivity index (χ3v) is 4.74. The Morgan fingerprint density at radius 1 is 1.67 bits per heavy atom. The van der Waals surface area contributed by atoms with Crippen LogP contribution in [0.3, 0.4) is 0 Å². The third kappa shape index (κ3) is 2.36. The van der Waals surface area contributed by atoms with E-state index in [1.165, 1.54) is 12.8 Å². The quantitative estimate of drug-likeness (QED) is 0.860. The zero-order chi connectivity index (χ0) is 10.9. The number of hydrogen-bond acceptors (Lipinski definition) is 4. The number of rotatable bonds is 4. The highest BCUT2D eigenvalue weighted by Gasteiger charge is 2.41. The van der Waals surface area contributed by atoms with Crippen LogP contribution in [0.5, 0.6) is 0 Å². The van der Waals surface area contributed by atoms with Crippen LogP contribution in [0.4, 0.5) is 0 Å². The molecule has 82 valence electrons. The van der Waals surface area contributed by atoms with Crippen LogP contribution < -0.4 is 5.32 Å². The van der Waals surface area contributed by atoms with Crippen LogP contribution in [-0.2, 0) is 0 Å². The van der Waals surface area contributed by atoms with Crippen LogP contribution in [0.2, 0.25) is 0 Å². The molecule has 0 aliphatic heterocycles. The lowest BCUT2D eigenvalue weighted by Gasteiger charge is -2.11. The largest absolute Gasteiger partial charge is 0.351 e. The molecule has 1 amide bonds. The molecule has 1 saturated carbocycles. The fourth-order valence-electron chi connectivity index (χ4n) is 1.32. The van der Waals surface area contributed by atoms with Gasteiger partial charge in [0.15, 0.2) is 0 Å².